The molecule has 0 bridgehead atoms. The Morgan fingerprint density at radius 2 is 1.94 bits per heavy atom. The summed E-state index contributed by atoms with van der Waals surface area (Å²) in [7, 11) is 1.56. The first-order valence-corrected chi connectivity index (χ1v) is 11.6. The standard InChI is InChI=1S/C25H28N2O5S/c1-4-12-32-21(25(29)30)14-17-10-11-20(31-3)19(13-17)15-26-23(28)22-16(2)27-24(33-22)18-8-6-5-7-9-18/h5-11,13,21H,4,12,14-15H2,1-3H3,(H,26,28)(H,29,30). The molecule has 7 nitrogen and oxygen atoms in total. The first-order valence-electron chi connectivity index (χ1n) is 10.7. The quantitative estimate of drug-likeness (QED) is 0.431. The Labute approximate surface area is 197 Å². The highest BCUT2D eigenvalue weighted by Gasteiger charge is 2.20. The summed E-state index contributed by atoms with van der Waals surface area (Å²) in [5.74, 6) is -0.593. The number of thiazole rings is 1. The number of amides is 1. The number of methoxy groups -OCH3 is 1. The van der Waals surface area contributed by atoms with Crippen molar-refractivity contribution >= 4 is 23.2 Å². The number of carbonyl (C=O) groups is 2. The summed E-state index contributed by atoms with van der Waals surface area (Å²) in [5.41, 5.74) is 3.20. The Bertz CT molecular complexity index is 1100. The van der Waals surface area contributed by atoms with Crippen molar-refractivity contribution in [1.82, 2.24) is 10.3 Å². The highest BCUT2D eigenvalue weighted by molar-refractivity contribution is 7.17. The number of ether oxygens (including phenoxy) is 2. The average molecular weight is 469 g/mol. The molecule has 0 aliphatic rings. The molecule has 8 heteroatoms. The van der Waals surface area contributed by atoms with Crippen LogP contribution in [0.2, 0.25) is 0 Å². The first-order chi connectivity index (χ1) is 15.9. The van der Waals surface area contributed by atoms with E-state index < -0.39 is 12.1 Å². The molecule has 1 atom stereocenters. The number of carbonyl (C=O) groups excluding carboxylic acids is 1. The van der Waals surface area contributed by atoms with E-state index in [1.807, 2.05) is 56.3 Å². The third kappa shape index (κ3) is 6.40. The minimum Gasteiger partial charge on any atom is -0.496 e. The van der Waals surface area contributed by atoms with Crippen LogP contribution in [0.4, 0.5) is 0 Å². The number of carboxylic acid groups (broad SMARTS) is 1. The monoisotopic (exact) mass is 468 g/mol. The number of nitrogens with zero attached hydrogens (tertiary/aromatic N) is 1. The Hall–Kier alpha value is -3.23. The van der Waals surface area contributed by atoms with Gasteiger partial charge in [-0.3, -0.25) is 4.79 Å². The van der Waals surface area contributed by atoms with E-state index in [2.05, 4.69) is 10.3 Å². The molecule has 1 heterocycles. The molecule has 3 rings (SSSR count). The molecule has 0 fully saturated rings. The lowest BCUT2D eigenvalue weighted by molar-refractivity contribution is -0.150. The van der Waals surface area contributed by atoms with Crippen molar-refractivity contribution in [3.63, 3.8) is 0 Å². The third-order valence-corrected chi connectivity index (χ3v) is 6.23. The molecule has 0 saturated carbocycles. The SMILES string of the molecule is CCCOC(Cc1ccc(OC)c(CNC(=O)c2sc(-c3ccccc3)nc2C)c1)C(=O)O. The number of aromatic nitrogens is 1. The number of rotatable bonds is 11. The average Bonchev–Trinajstić information content (AvgIpc) is 3.22. The van der Waals surface area contributed by atoms with Crippen molar-refractivity contribution in [1.29, 1.82) is 0 Å². The van der Waals surface area contributed by atoms with Crippen molar-refractivity contribution < 1.29 is 24.2 Å². The van der Waals surface area contributed by atoms with Crippen LogP contribution < -0.4 is 10.1 Å². The second kappa shape index (κ2) is 11.6. The molecular weight excluding hydrogens is 440 g/mol. The third-order valence-electron chi connectivity index (χ3n) is 5.03. The maximum Gasteiger partial charge on any atom is 0.333 e. The summed E-state index contributed by atoms with van der Waals surface area (Å²) in [6.07, 6.45) is 0.0541. The fourth-order valence-corrected chi connectivity index (χ4v) is 4.34. The Kier molecular flexibility index (Phi) is 8.57. The highest BCUT2D eigenvalue weighted by Crippen LogP contribution is 2.28. The second-order valence-corrected chi connectivity index (χ2v) is 8.53. The molecule has 0 aliphatic carbocycles. The molecule has 174 valence electrons. The van der Waals surface area contributed by atoms with E-state index in [0.717, 1.165) is 28.1 Å². The van der Waals surface area contributed by atoms with Gasteiger partial charge in [0, 0.05) is 30.7 Å². The normalized spacial score (nSPS) is 11.7. The van der Waals surface area contributed by atoms with Crippen molar-refractivity contribution in [3.05, 3.63) is 70.2 Å². The predicted molar refractivity (Wildman–Crippen MR) is 128 cm³/mol. The van der Waals surface area contributed by atoms with Gasteiger partial charge in [-0.1, -0.05) is 49.4 Å². The van der Waals surface area contributed by atoms with Crippen LogP contribution in [0.25, 0.3) is 10.6 Å². The summed E-state index contributed by atoms with van der Waals surface area (Å²) in [6, 6.07) is 15.2. The van der Waals surface area contributed by atoms with Gasteiger partial charge < -0.3 is 19.9 Å². The number of nitrogens with one attached hydrogen (secondary N) is 1. The molecule has 33 heavy (non-hydrogen) atoms. The summed E-state index contributed by atoms with van der Waals surface area (Å²) in [4.78, 5) is 29.5. The van der Waals surface area contributed by atoms with Crippen LogP contribution in [0.15, 0.2) is 48.5 Å². The molecule has 2 aromatic carbocycles. The minimum atomic E-state index is -0.996. The molecule has 0 aliphatic heterocycles. The van der Waals surface area contributed by atoms with E-state index in [4.69, 9.17) is 9.47 Å². The molecule has 2 N–H and O–H groups in total. The molecule has 1 aromatic heterocycles. The van der Waals surface area contributed by atoms with Crippen LogP contribution >= 0.6 is 11.3 Å². The lowest BCUT2D eigenvalue weighted by atomic mass is 10.0. The van der Waals surface area contributed by atoms with Gasteiger partial charge in [0.2, 0.25) is 0 Å². The van der Waals surface area contributed by atoms with Gasteiger partial charge in [0.05, 0.1) is 12.8 Å². The number of benzene rings is 2. The molecule has 0 radical (unpaired) electrons. The lowest BCUT2D eigenvalue weighted by Gasteiger charge is -2.15. The summed E-state index contributed by atoms with van der Waals surface area (Å²) >= 11 is 1.35. The number of carboxylic acids is 1. The molecule has 1 unspecified atom stereocenters. The predicted octanol–water partition coefficient (Wildman–Crippen LogP) is 4.48. The summed E-state index contributed by atoms with van der Waals surface area (Å²) in [6.45, 7) is 4.37. The molecular formula is C25H28N2O5S. The van der Waals surface area contributed by atoms with Gasteiger partial charge in [0.15, 0.2) is 6.10 Å². The zero-order valence-electron chi connectivity index (χ0n) is 19.0. The van der Waals surface area contributed by atoms with Crippen molar-refractivity contribution in [2.45, 2.75) is 39.3 Å². The van der Waals surface area contributed by atoms with Crippen LogP contribution in [0.5, 0.6) is 5.75 Å². The van der Waals surface area contributed by atoms with E-state index in [-0.39, 0.29) is 18.9 Å². The van der Waals surface area contributed by atoms with Gasteiger partial charge in [-0.15, -0.1) is 11.3 Å². The Morgan fingerprint density at radius 1 is 1.18 bits per heavy atom. The maximum atomic E-state index is 12.9. The first kappa shape index (κ1) is 24.4. The fraction of sp³-hybridized carbons (Fsp3) is 0.320. The van der Waals surface area contributed by atoms with Crippen LogP contribution in [-0.2, 0) is 22.5 Å². The highest BCUT2D eigenvalue weighted by atomic mass is 32.1. The minimum absolute atomic E-state index is 0.214. The largest absolute Gasteiger partial charge is 0.496 e. The second-order valence-electron chi connectivity index (χ2n) is 7.53. The Balaban J connectivity index is 1.72. The van der Waals surface area contributed by atoms with Crippen LogP contribution in [0, 0.1) is 6.92 Å². The fourth-order valence-electron chi connectivity index (χ4n) is 3.36. The summed E-state index contributed by atoms with van der Waals surface area (Å²) < 4.78 is 10.9. The van der Waals surface area contributed by atoms with Crippen LogP contribution in [0.3, 0.4) is 0 Å². The molecule has 0 spiro atoms. The smallest absolute Gasteiger partial charge is 0.333 e. The van der Waals surface area contributed by atoms with Crippen LogP contribution in [-0.4, -0.2) is 41.8 Å². The van der Waals surface area contributed by atoms with E-state index in [9.17, 15) is 14.7 Å². The van der Waals surface area contributed by atoms with Crippen molar-refractivity contribution in [2.24, 2.45) is 0 Å². The van der Waals surface area contributed by atoms with E-state index in [0.29, 0.717) is 22.9 Å². The van der Waals surface area contributed by atoms with E-state index >= 15 is 0 Å². The van der Waals surface area contributed by atoms with Gasteiger partial charge >= 0.3 is 5.97 Å². The van der Waals surface area contributed by atoms with Gasteiger partial charge in [0.25, 0.3) is 5.91 Å². The molecule has 1 amide bonds. The molecule has 3 aromatic rings. The van der Waals surface area contributed by atoms with Crippen molar-refractivity contribution in [3.8, 4) is 16.3 Å². The number of aliphatic carboxylic acids is 1. The summed E-state index contributed by atoms with van der Waals surface area (Å²) in [5, 5.41) is 13.2. The van der Waals surface area contributed by atoms with Crippen LogP contribution in [0.1, 0.15) is 39.8 Å². The number of hydrogen-bond acceptors (Lipinski definition) is 6. The zero-order chi connectivity index (χ0) is 23.8. The van der Waals surface area contributed by atoms with E-state index in [1.54, 1.807) is 13.2 Å². The van der Waals surface area contributed by atoms with Crippen molar-refractivity contribution in [2.75, 3.05) is 13.7 Å². The number of hydrogen-bond donors (Lipinski definition) is 2. The topological polar surface area (TPSA) is 97.8 Å². The van der Waals surface area contributed by atoms with Gasteiger partial charge in [0.1, 0.15) is 15.6 Å². The molecule has 0 saturated heterocycles. The number of aryl methyl sites for hydroxylation is 1. The maximum absolute atomic E-state index is 12.9. The zero-order valence-corrected chi connectivity index (χ0v) is 19.8. The van der Waals surface area contributed by atoms with Gasteiger partial charge in [-0.2, -0.15) is 0 Å². The van der Waals surface area contributed by atoms with Gasteiger partial charge in [-0.25, -0.2) is 9.78 Å². The Morgan fingerprint density at radius 3 is 2.61 bits per heavy atom. The van der Waals surface area contributed by atoms with Gasteiger partial charge in [-0.05, 0) is 25.0 Å². The van der Waals surface area contributed by atoms with E-state index in [1.165, 1.54) is 11.3 Å². The lowest BCUT2D eigenvalue weighted by Crippen LogP contribution is -2.27.